The second-order valence-electron chi connectivity index (χ2n) is 8.68. The number of nitrogens with one attached hydrogen (secondary N) is 3. The third-order valence-electron chi connectivity index (χ3n) is 6.01. The molecule has 0 bridgehead atoms. The maximum absolute atomic E-state index is 12.1. The van der Waals surface area contributed by atoms with Gasteiger partial charge in [-0.25, -0.2) is 4.98 Å². The summed E-state index contributed by atoms with van der Waals surface area (Å²) in [4.78, 5) is 21.1. The van der Waals surface area contributed by atoms with E-state index >= 15 is 0 Å². The Morgan fingerprint density at radius 3 is 2.84 bits per heavy atom. The Labute approximate surface area is 189 Å². The molecule has 1 aromatic heterocycles. The molecule has 0 saturated heterocycles. The van der Waals surface area contributed by atoms with E-state index in [0.717, 1.165) is 42.8 Å². The molecule has 2 aliphatic carbocycles. The summed E-state index contributed by atoms with van der Waals surface area (Å²) in [6, 6.07) is 9.71. The Balaban J connectivity index is 1.41. The van der Waals surface area contributed by atoms with Gasteiger partial charge in [0.1, 0.15) is 11.6 Å². The van der Waals surface area contributed by atoms with Crippen LogP contribution in [-0.4, -0.2) is 34.9 Å². The highest BCUT2D eigenvalue weighted by atomic mass is 16.1. The zero-order valence-corrected chi connectivity index (χ0v) is 18.5. The second-order valence-corrected chi connectivity index (χ2v) is 8.68. The maximum Gasteiger partial charge on any atom is 0.229 e. The highest BCUT2D eigenvalue weighted by Gasteiger charge is 2.30. The summed E-state index contributed by atoms with van der Waals surface area (Å²) < 4.78 is 0. The number of hydrogen-bond acceptors (Lipinski definition) is 7. The fraction of sp³-hybridized carbons (Fsp3) is 0.440. The Morgan fingerprint density at radius 2 is 2.12 bits per heavy atom. The normalized spacial score (nSPS) is 20.2. The molecule has 2 aromatic rings. The quantitative estimate of drug-likeness (QED) is 0.552. The number of aromatic nitrogens is 2. The van der Waals surface area contributed by atoms with Crippen molar-refractivity contribution in [3.05, 3.63) is 41.6 Å². The van der Waals surface area contributed by atoms with E-state index in [9.17, 15) is 4.79 Å². The number of nitriles is 1. The van der Waals surface area contributed by atoms with Crippen LogP contribution in [-0.2, 0) is 4.79 Å². The molecule has 1 aromatic carbocycles. The van der Waals surface area contributed by atoms with Gasteiger partial charge in [-0.2, -0.15) is 10.2 Å². The van der Waals surface area contributed by atoms with Crippen molar-refractivity contribution in [3.8, 4) is 17.9 Å². The molecule has 2 saturated carbocycles. The Kier molecular flexibility index (Phi) is 6.68. The molecule has 7 nitrogen and oxygen atoms in total. The van der Waals surface area contributed by atoms with E-state index in [1.54, 1.807) is 18.3 Å². The summed E-state index contributed by atoms with van der Waals surface area (Å²) in [6.07, 6.45) is 6.58. The number of nitrogens with zero attached hydrogens (tertiary/aromatic N) is 3. The topological polar surface area (TPSA) is 103 Å². The summed E-state index contributed by atoms with van der Waals surface area (Å²) >= 11 is 0. The number of ketones is 1. The molecule has 164 valence electrons. The van der Waals surface area contributed by atoms with Crippen LogP contribution in [0, 0.1) is 35.0 Å². The Bertz CT molecular complexity index is 1090. The average molecular weight is 429 g/mol. The molecule has 4 rings (SSSR count). The smallest absolute Gasteiger partial charge is 0.229 e. The van der Waals surface area contributed by atoms with Gasteiger partial charge in [-0.3, -0.25) is 4.79 Å². The zero-order valence-electron chi connectivity index (χ0n) is 18.5. The number of hydrogen-bond donors (Lipinski definition) is 3. The van der Waals surface area contributed by atoms with Crippen molar-refractivity contribution in [2.75, 3.05) is 17.7 Å². The van der Waals surface area contributed by atoms with Gasteiger partial charge in [-0.15, -0.1) is 0 Å². The van der Waals surface area contributed by atoms with Gasteiger partial charge in [-0.1, -0.05) is 17.9 Å². The predicted molar refractivity (Wildman–Crippen MR) is 124 cm³/mol. The standard InChI is InChI=1S/C25H28N6O/c1-16(27-2)23(32)13-19-10-17(11-19)6-7-20-15-28-25(31-24(20)29-21-8-9-21)30-22-5-3-4-18(12-22)14-26/h3-5,12,15-17,19,21,27H,8-11,13H2,1-2H3,(H2,28,29,30,31)/t16-,17?,19?/m0/s1. The van der Waals surface area contributed by atoms with E-state index in [1.807, 2.05) is 26.1 Å². The van der Waals surface area contributed by atoms with E-state index < -0.39 is 0 Å². The average Bonchev–Trinajstić information content (AvgIpc) is 3.59. The number of benzene rings is 1. The van der Waals surface area contributed by atoms with Gasteiger partial charge in [0.2, 0.25) is 5.95 Å². The number of Topliss-reactive ketones (excluding diaryl/α,β-unsaturated/α-hetero) is 1. The van der Waals surface area contributed by atoms with Crippen LogP contribution in [0.3, 0.4) is 0 Å². The van der Waals surface area contributed by atoms with Gasteiger partial charge in [-0.05, 0) is 63.8 Å². The van der Waals surface area contributed by atoms with Gasteiger partial charge in [0.15, 0.2) is 0 Å². The first kappa shape index (κ1) is 21.8. The first-order valence-electron chi connectivity index (χ1n) is 11.2. The number of carbonyl (C=O) groups is 1. The zero-order chi connectivity index (χ0) is 22.5. The van der Waals surface area contributed by atoms with E-state index in [1.165, 1.54) is 0 Å². The van der Waals surface area contributed by atoms with Gasteiger partial charge >= 0.3 is 0 Å². The lowest BCUT2D eigenvalue weighted by Crippen LogP contribution is -2.34. The number of anilines is 3. The van der Waals surface area contributed by atoms with Crippen LogP contribution in [0.4, 0.5) is 17.5 Å². The lowest BCUT2D eigenvalue weighted by atomic mass is 9.72. The fourth-order valence-corrected chi connectivity index (χ4v) is 3.68. The van der Waals surface area contributed by atoms with Crippen molar-refractivity contribution < 1.29 is 4.79 Å². The van der Waals surface area contributed by atoms with E-state index in [4.69, 9.17) is 5.26 Å². The number of rotatable bonds is 8. The molecule has 1 heterocycles. The van der Waals surface area contributed by atoms with Crippen LogP contribution in [0.25, 0.3) is 0 Å². The summed E-state index contributed by atoms with van der Waals surface area (Å²) in [7, 11) is 1.82. The number of likely N-dealkylation sites (N-methyl/N-ethyl adjacent to an activating group) is 1. The predicted octanol–water partition coefficient (Wildman–Crippen LogP) is 3.61. The number of carbonyl (C=O) groups excluding carboxylic acids is 1. The molecule has 3 N–H and O–H groups in total. The van der Waals surface area contributed by atoms with E-state index in [2.05, 4.69) is 43.8 Å². The molecule has 0 aliphatic heterocycles. The maximum atomic E-state index is 12.1. The Hall–Kier alpha value is -3.42. The summed E-state index contributed by atoms with van der Waals surface area (Å²) in [5.74, 6) is 8.84. The van der Waals surface area contributed by atoms with Gasteiger partial charge < -0.3 is 16.0 Å². The molecule has 7 heteroatoms. The SMILES string of the molecule is CN[C@@H](C)C(=O)CC1CC(C#Cc2cnc(Nc3cccc(C#N)c3)nc2NC2CC2)C1. The lowest BCUT2D eigenvalue weighted by Gasteiger charge is -2.32. The molecule has 2 fully saturated rings. The van der Waals surface area contributed by atoms with Crippen LogP contribution in [0.1, 0.15) is 50.2 Å². The van der Waals surface area contributed by atoms with Crippen LogP contribution in [0.5, 0.6) is 0 Å². The third-order valence-corrected chi connectivity index (χ3v) is 6.01. The van der Waals surface area contributed by atoms with Gasteiger partial charge in [0, 0.05) is 24.1 Å². The van der Waals surface area contributed by atoms with Crippen LogP contribution < -0.4 is 16.0 Å². The van der Waals surface area contributed by atoms with Crippen molar-refractivity contribution in [1.29, 1.82) is 5.26 Å². The molecule has 0 spiro atoms. The molecule has 0 amide bonds. The van der Waals surface area contributed by atoms with Gasteiger partial charge in [0.05, 0.1) is 29.4 Å². The second kappa shape index (κ2) is 9.80. The summed E-state index contributed by atoms with van der Waals surface area (Å²) in [6.45, 7) is 1.91. The molecular formula is C25H28N6O. The third kappa shape index (κ3) is 5.63. The van der Waals surface area contributed by atoms with Crippen LogP contribution in [0.2, 0.25) is 0 Å². The minimum absolute atomic E-state index is 0.0807. The largest absolute Gasteiger partial charge is 0.366 e. The molecular weight excluding hydrogens is 400 g/mol. The minimum Gasteiger partial charge on any atom is -0.366 e. The van der Waals surface area contributed by atoms with E-state index in [-0.39, 0.29) is 11.8 Å². The van der Waals surface area contributed by atoms with Crippen molar-refractivity contribution in [2.45, 2.75) is 51.1 Å². The monoisotopic (exact) mass is 428 g/mol. The van der Waals surface area contributed by atoms with Crippen molar-refractivity contribution >= 4 is 23.2 Å². The highest BCUT2D eigenvalue weighted by Crippen LogP contribution is 2.36. The van der Waals surface area contributed by atoms with Crippen molar-refractivity contribution in [2.24, 2.45) is 11.8 Å². The molecule has 0 unspecified atom stereocenters. The van der Waals surface area contributed by atoms with Crippen molar-refractivity contribution in [3.63, 3.8) is 0 Å². The summed E-state index contributed by atoms with van der Waals surface area (Å²) in [5.41, 5.74) is 2.13. The van der Waals surface area contributed by atoms with Crippen LogP contribution >= 0.6 is 0 Å². The van der Waals surface area contributed by atoms with Crippen LogP contribution in [0.15, 0.2) is 30.5 Å². The molecule has 1 atom stereocenters. The first-order chi connectivity index (χ1) is 15.5. The van der Waals surface area contributed by atoms with Crippen molar-refractivity contribution in [1.82, 2.24) is 15.3 Å². The minimum atomic E-state index is -0.0807. The molecule has 0 radical (unpaired) electrons. The van der Waals surface area contributed by atoms with E-state index in [0.29, 0.717) is 35.8 Å². The summed E-state index contributed by atoms with van der Waals surface area (Å²) in [5, 5.41) is 18.7. The lowest BCUT2D eigenvalue weighted by molar-refractivity contribution is -0.122. The molecule has 32 heavy (non-hydrogen) atoms. The highest BCUT2D eigenvalue weighted by molar-refractivity contribution is 5.83. The first-order valence-corrected chi connectivity index (χ1v) is 11.2. The molecule has 2 aliphatic rings. The Morgan fingerprint density at radius 1 is 1.31 bits per heavy atom. The van der Waals surface area contributed by atoms with Gasteiger partial charge in [0.25, 0.3) is 0 Å². The fourth-order valence-electron chi connectivity index (χ4n) is 3.68.